The SMILES string of the molecule is CC1=C(CN2CCC(n3c(C4CCNC4)nc4ccccc43)CC2)C(C)(C)CCC1. The topological polar surface area (TPSA) is 33.1 Å². The van der Waals surface area contributed by atoms with Gasteiger partial charge >= 0.3 is 0 Å². The molecule has 0 spiro atoms. The minimum absolute atomic E-state index is 0.377. The minimum Gasteiger partial charge on any atom is -0.324 e. The summed E-state index contributed by atoms with van der Waals surface area (Å²) in [5, 5.41) is 3.54. The first kappa shape index (κ1) is 20.3. The summed E-state index contributed by atoms with van der Waals surface area (Å²) < 4.78 is 2.62. The van der Waals surface area contributed by atoms with Gasteiger partial charge in [-0.1, -0.05) is 37.1 Å². The number of benzene rings is 1. The average molecular weight is 407 g/mol. The molecule has 1 aromatic carbocycles. The van der Waals surface area contributed by atoms with Crippen molar-refractivity contribution >= 4 is 11.0 Å². The number of aromatic nitrogens is 2. The Morgan fingerprint density at radius 2 is 1.93 bits per heavy atom. The van der Waals surface area contributed by atoms with Crippen LogP contribution in [-0.2, 0) is 0 Å². The smallest absolute Gasteiger partial charge is 0.114 e. The number of para-hydroxylation sites is 2. The predicted molar refractivity (Wildman–Crippen MR) is 125 cm³/mol. The quantitative estimate of drug-likeness (QED) is 0.702. The van der Waals surface area contributed by atoms with Crippen LogP contribution in [-0.4, -0.2) is 47.2 Å². The number of fused-ring (bicyclic) bond motifs is 1. The predicted octanol–water partition coefficient (Wildman–Crippen LogP) is 5.28. The summed E-state index contributed by atoms with van der Waals surface area (Å²) in [5.74, 6) is 1.89. The fourth-order valence-corrected chi connectivity index (χ4v) is 6.19. The molecule has 3 heterocycles. The van der Waals surface area contributed by atoms with Gasteiger partial charge in [-0.25, -0.2) is 4.98 Å². The highest BCUT2D eigenvalue weighted by Crippen LogP contribution is 2.41. The zero-order valence-electron chi connectivity index (χ0n) is 19.1. The number of allylic oxidation sites excluding steroid dienone is 1. The molecule has 4 heteroatoms. The molecular formula is C26H38N4. The highest BCUT2D eigenvalue weighted by molar-refractivity contribution is 5.76. The van der Waals surface area contributed by atoms with E-state index in [0.29, 0.717) is 17.4 Å². The molecule has 0 amide bonds. The molecule has 2 aliphatic heterocycles. The maximum absolute atomic E-state index is 5.11. The highest BCUT2D eigenvalue weighted by atomic mass is 15.2. The van der Waals surface area contributed by atoms with Crippen LogP contribution < -0.4 is 5.32 Å². The molecule has 0 bridgehead atoms. The molecule has 30 heavy (non-hydrogen) atoms. The Hall–Kier alpha value is -1.65. The van der Waals surface area contributed by atoms with Gasteiger partial charge in [0.2, 0.25) is 0 Å². The van der Waals surface area contributed by atoms with E-state index >= 15 is 0 Å². The zero-order chi connectivity index (χ0) is 20.7. The summed E-state index contributed by atoms with van der Waals surface area (Å²) in [4.78, 5) is 7.83. The lowest BCUT2D eigenvalue weighted by Crippen LogP contribution is -2.39. The van der Waals surface area contributed by atoms with E-state index in [0.717, 1.165) is 13.1 Å². The Bertz CT molecular complexity index is 924. The van der Waals surface area contributed by atoms with Crippen molar-refractivity contribution in [2.75, 3.05) is 32.7 Å². The summed E-state index contributed by atoms with van der Waals surface area (Å²) in [7, 11) is 0. The van der Waals surface area contributed by atoms with Crippen LogP contribution in [0.4, 0.5) is 0 Å². The van der Waals surface area contributed by atoms with Crippen LogP contribution in [0.25, 0.3) is 11.0 Å². The van der Waals surface area contributed by atoms with E-state index in [1.807, 2.05) is 0 Å². The van der Waals surface area contributed by atoms with Crippen molar-refractivity contribution in [3.63, 3.8) is 0 Å². The van der Waals surface area contributed by atoms with Crippen molar-refractivity contribution < 1.29 is 0 Å². The van der Waals surface area contributed by atoms with E-state index < -0.39 is 0 Å². The second kappa shape index (κ2) is 8.12. The monoisotopic (exact) mass is 406 g/mol. The molecule has 1 atom stereocenters. The summed E-state index contributed by atoms with van der Waals surface area (Å²) in [6.07, 6.45) is 7.69. The van der Waals surface area contributed by atoms with Crippen molar-refractivity contribution in [2.45, 2.75) is 71.3 Å². The number of nitrogens with one attached hydrogen (secondary N) is 1. The molecule has 0 radical (unpaired) electrons. The lowest BCUT2D eigenvalue weighted by atomic mass is 9.72. The molecule has 1 unspecified atom stereocenters. The van der Waals surface area contributed by atoms with Crippen LogP contribution in [0.2, 0.25) is 0 Å². The molecule has 5 rings (SSSR count). The second-order valence-electron chi connectivity index (χ2n) is 10.5. The number of likely N-dealkylation sites (tertiary alicyclic amines) is 1. The van der Waals surface area contributed by atoms with Crippen LogP contribution in [0.3, 0.4) is 0 Å². The zero-order valence-corrected chi connectivity index (χ0v) is 19.1. The third kappa shape index (κ3) is 3.73. The average Bonchev–Trinajstić information content (AvgIpc) is 3.39. The first-order valence-electron chi connectivity index (χ1n) is 12.1. The van der Waals surface area contributed by atoms with E-state index in [4.69, 9.17) is 4.98 Å². The number of hydrogen-bond donors (Lipinski definition) is 1. The van der Waals surface area contributed by atoms with Gasteiger partial charge in [-0.15, -0.1) is 0 Å². The van der Waals surface area contributed by atoms with E-state index in [1.165, 1.54) is 75.0 Å². The van der Waals surface area contributed by atoms with Crippen molar-refractivity contribution in [1.29, 1.82) is 0 Å². The Morgan fingerprint density at radius 3 is 2.67 bits per heavy atom. The Morgan fingerprint density at radius 1 is 1.13 bits per heavy atom. The first-order valence-corrected chi connectivity index (χ1v) is 12.1. The van der Waals surface area contributed by atoms with E-state index in [1.54, 1.807) is 11.1 Å². The molecule has 1 aliphatic carbocycles. The molecular weight excluding hydrogens is 368 g/mol. The van der Waals surface area contributed by atoms with Gasteiger partial charge in [-0.2, -0.15) is 0 Å². The number of rotatable bonds is 4. The first-order chi connectivity index (χ1) is 14.5. The molecule has 2 aromatic rings. The van der Waals surface area contributed by atoms with Crippen molar-refractivity contribution in [2.24, 2.45) is 5.41 Å². The summed E-state index contributed by atoms with van der Waals surface area (Å²) in [6, 6.07) is 9.35. The highest BCUT2D eigenvalue weighted by Gasteiger charge is 2.32. The van der Waals surface area contributed by atoms with Crippen molar-refractivity contribution in [1.82, 2.24) is 19.8 Å². The van der Waals surface area contributed by atoms with Crippen molar-refractivity contribution in [3.05, 3.63) is 41.2 Å². The number of hydrogen-bond acceptors (Lipinski definition) is 3. The maximum Gasteiger partial charge on any atom is 0.114 e. The maximum atomic E-state index is 5.11. The van der Waals surface area contributed by atoms with Crippen LogP contribution in [0, 0.1) is 5.41 Å². The largest absolute Gasteiger partial charge is 0.324 e. The third-order valence-electron chi connectivity index (χ3n) is 8.04. The molecule has 162 valence electrons. The van der Waals surface area contributed by atoms with Crippen LogP contribution in [0.1, 0.15) is 77.1 Å². The van der Waals surface area contributed by atoms with Gasteiger partial charge in [-0.3, -0.25) is 4.90 Å². The molecule has 1 N–H and O–H groups in total. The van der Waals surface area contributed by atoms with Crippen LogP contribution in [0.15, 0.2) is 35.4 Å². The van der Waals surface area contributed by atoms with E-state index in [9.17, 15) is 0 Å². The number of imidazole rings is 1. The van der Waals surface area contributed by atoms with Crippen molar-refractivity contribution in [3.8, 4) is 0 Å². The summed E-state index contributed by atoms with van der Waals surface area (Å²) >= 11 is 0. The molecule has 2 saturated heterocycles. The normalized spacial score (nSPS) is 26.0. The Labute approximate surface area is 181 Å². The van der Waals surface area contributed by atoms with Gasteiger partial charge in [0.15, 0.2) is 0 Å². The molecule has 4 nitrogen and oxygen atoms in total. The van der Waals surface area contributed by atoms with E-state index in [2.05, 4.69) is 59.8 Å². The van der Waals surface area contributed by atoms with Crippen LogP contribution in [0.5, 0.6) is 0 Å². The number of nitrogens with zero attached hydrogens (tertiary/aromatic N) is 3. The third-order valence-corrected chi connectivity index (χ3v) is 8.04. The fourth-order valence-electron chi connectivity index (χ4n) is 6.19. The molecule has 0 saturated carbocycles. The Balaban J connectivity index is 1.35. The second-order valence-corrected chi connectivity index (χ2v) is 10.5. The summed E-state index contributed by atoms with van der Waals surface area (Å²) in [5.41, 5.74) is 6.27. The minimum atomic E-state index is 0.377. The standard InChI is InChI=1S/C26H38N4/c1-19-7-6-13-26(2,3)22(19)18-29-15-11-21(12-16-29)30-24-9-5-4-8-23(24)28-25(30)20-10-14-27-17-20/h4-5,8-9,20-21,27H,6-7,10-18H2,1-3H3. The lowest BCUT2D eigenvalue weighted by Gasteiger charge is -2.40. The lowest BCUT2D eigenvalue weighted by molar-refractivity contribution is 0.184. The van der Waals surface area contributed by atoms with Gasteiger partial charge in [0, 0.05) is 38.1 Å². The molecule has 3 aliphatic rings. The van der Waals surface area contributed by atoms with Gasteiger partial charge in [0.25, 0.3) is 0 Å². The Kier molecular flexibility index (Phi) is 5.49. The van der Waals surface area contributed by atoms with E-state index in [-0.39, 0.29) is 0 Å². The van der Waals surface area contributed by atoms with Gasteiger partial charge in [-0.05, 0) is 69.5 Å². The molecule has 2 fully saturated rings. The van der Waals surface area contributed by atoms with Gasteiger partial charge < -0.3 is 9.88 Å². The number of piperidine rings is 1. The van der Waals surface area contributed by atoms with Crippen LogP contribution >= 0.6 is 0 Å². The van der Waals surface area contributed by atoms with Gasteiger partial charge in [0.05, 0.1) is 11.0 Å². The molecule has 1 aromatic heterocycles. The fraction of sp³-hybridized carbons (Fsp3) is 0.654. The van der Waals surface area contributed by atoms with Gasteiger partial charge in [0.1, 0.15) is 5.82 Å². The summed E-state index contributed by atoms with van der Waals surface area (Å²) in [6.45, 7) is 13.1.